The van der Waals surface area contributed by atoms with Crippen LogP contribution in [0.15, 0.2) is 0 Å². The maximum absolute atomic E-state index is 2.11. The number of rotatable bonds is 0. The Kier molecular flexibility index (Phi) is 1.47. The van der Waals surface area contributed by atoms with Gasteiger partial charge in [-0.15, -0.1) is 0 Å². The third-order valence-corrected chi connectivity index (χ3v) is 5.67. The van der Waals surface area contributed by atoms with Crippen molar-refractivity contribution in [1.82, 2.24) is 0 Å². The summed E-state index contributed by atoms with van der Waals surface area (Å²) in [5.41, 5.74) is 0. The summed E-state index contributed by atoms with van der Waals surface area (Å²) in [6.07, 6.45) is 5.99. The lowest BCUT2D eigenvalue weighted by molar-refractivity contribution is 0.524. The third-order valence-electron chi connectivity index (χ3n) is 1.94. The van der Waals surface area contributed by atoms with Crippen molar-refractivity contribution in [3.05, 3.63) is 0 Å². The first kappa shape index (κ1) is 5.48. The molecule has 1 aliphatic heterocycles. The van der Waals surface area contributed by atoms with Gasteiger partial charge >= 0.3 is 0 Å². The van der Waals surface area contributed by atoms with Crippen LogP contribution in [-0.4, -0.2) is 10.5 Å². The van der Waals surface area contributed by atoms with Crippen LogP contribution in [0.25, 0.3) is 0 Å². The molecule has 2 aliphatic rings. The van der Waals surface area contributed by atoms with E-state index in [1.165, 1.54) is 25.7 Å². The summed E-state index contributed by atoms with van der Waals surface area (Å²) in [6, 6.07) is 0. The van der Waals surface area contributed by atoms with Crippen molar-refractivity contribution in [2.24, 2.45) is 0 Å². The molecule has 0 aromatic rings. The van der Waals surface area contributed by atoms with Crippen molar-refractivity contribution in [2.45, 2.75) is 36.2 Å². The first-order valence-electron chi connectivity index (χ1n) is 3.29. The smallest absolute Gasteiger partial charge is 0.0278 e. The Bertz CT molecular complexity index is 80.5. The average molecular weight is 146 g/mol. The van der Waals surface area contributed by atoms with E-state index in [0.717, 1.165) is 10.5 Å². The molecule has 0 aromatic heterocycles. The zero-order valence-electron chi connectivity index (χ0n) is 4.80. The monoisotopic (exact) mass is 146 g/mol. The molecule has 0 aromatic carbocycles. The van der Waals surface area contributed by atoms with Gasteiger partial charge in [-0.3, -0.25) is 0 Å². The van der Waals surface area contributed by atoms with Crippen LogP contribution >= 0.6 is 21.6 Å². The fourth-order valence-corrected chi connectivity index (χ4v) is 4.45. The molecular weight excluding hydrogens is 136 g/mol. The molecule has 2 rings (SSSR count). The molecule has 2 heteroatoms. The summed E-state index contributed by atoms with van der Waals surface area (Å²) in [7, 11) is 4.21. The standard InChI is InChI=1S/C6H10S2/c1-2-4-6-5(3-1)7-8-6/h5-6H,1-4H2. The quantitative estimate of drug-likeness (QED) is 0.482. The Morgan fingerprint density at radius 3 is 1.62 bits per heavy atom. The van der Waals surface area contributed by atoms with Crippen LogP contribution in [0.1, 0.15) is 25.7 Å². The minimum absolute atomic E-state index is 1.06. The molecule has 1 saturated carbocycles. The van der Waals surface area contributed by atoms with E-state index in [1.807, 2.05) is 0 Å². The molecule has 0 bridgehead atoms. The summed E-state index contributed by atoms with van der Waals surface area (Å²) in [4.78, 5) is 0. The second-order valence-corrected chi connectivity index (χ2v) is 5.30. The molecule has 0 N–H and O–H groups in total. The predicted octanol–water partition coefficient (Wildman–Crippen LogP) is 2.69. The highest BCUT2D eigenvalue weighted by Gasteiger charge is 2.34. The van der Waals surface area contributed by atoms with E-state index in [4.69, 9.17) is 0 Å². The summed E-state index contributed by atoms with van der Waals surface area (Å²) in [5, 5.41) is 2.13. The minimum Gasteiger partial charge on any atom is -0.0892 e. The van der Waals surface area contributed by atoms with Gasteiger partial charge in [0.05, 0.1) is 0 Å². The van der Waals surface area contributed by atoms with Gasteiger partial charge in [-0.2, -0.15) is 0 Å². The fourth-order valence-electron chi connectivity index (χ4n) is 1.37. The van der Waals surface area contributed by atoms with Crippen LogP contribution in [0, 0.1) is 0 Å². The second-order valence-electron chi connectivity index (χ2n) is 2.55. The largest absolute Gasteiger partial charge is 0.0892 e. The normalized spacial score (nSPS) is 45.0. The Hall–Kier alpha value is 0.700. The maximum atomic E-state index is 2.11. The van der Waals surface area contributed by atoms with Gasteiger partial charge in [0.15, 0.2) is 0 Å². The van der Waals surface area contributed by atoms with E-state index in [-0.39, 0.29) is 0 Å². The molecule has 8 heavy (non-hydrogen) atoms. The van der Waals surface area contributed by atoms with Crippen LogP contribution in [0.5, 0.6) is 0 Å². The molecule has 0 nitrogen and oxygen atoms in total. The van der Waals surface area contributed by atoms with Gasteiger partial charge in [-0.1, -0.05) is 34.4 Å². The highest BCUT2D eigenvalue weighted by Crippen LogP contribution is 2.53. The first-order chi connectivity index (χ1) is 3.97. The van der Waals surface area contributed by atoms with Crippen molar-refractivity contribution in [2.75, 3.05) is 0 Å². The molecule has 0 radical (unpaired) electrons. The van der Waals surface area contributed by atoms with E-state index >= 15 is 0 Å². The van der Waals surface area contributed by atoms with E-state index in [2.05, 4.69) is 21.6 Å². The molecule has 2 unspecified atom stereocenters. The van der Waals surface area contributed by atoms with Gasteiger partial charge in [-0.05, 0) is 12.8 Å². The van der Waals surface area contributed by atoms with Crippen LogP contribution in [0.3, 0.4) is 0 Å². The van der Waals surface area contributed by atoms with Gasteiger partial charge in [0.25, 0.3) is 0 Å². The molecule has 2 atom stereocenters. The first-order valence-corrected chi connectivity index (χ1v) is 5.56. The van der Waals surface area contributed by atoms with Crippen molar-refractivity contribution in [1.29, 1.82) is 0 Å². The molecule has 1 saturated heterocycles. The van der Waals surface area contributed by atoms with E-state index in [0.29, 0.717) is 0 Å². The molecule has 0 spiro atoms. The van der Waals surface area contributed by atoms with E-state index in [9.17, 15) is 0 Å². The van der Waals surface area contributed by atoms with Gasteiger partial charge < -0.3 is 0 Å². The summed E-state index contributed by atoms with van der Waals surface area (Å²) >= 11 is 0. The second kappa shape index (κ2) is 2.14. The Labute approximate surface area is 58.2 Å². The highest BCUT2D eigenvalue weighted by atomic mass is 33.1. The van der Waals surface area contributed by atoms with E-state index < -0.39 is 0 Å². The number of hydrogen-bond donors (Lipinski definition) is 0. The average Bonchev–Trinajstić information content (AvgIpc) is 1.72. The lowest BCUT2D eigenvalue weighted by atomic mass is 10.00. The Morgan fingerprint density at radius 2 is 1.38 bits per heavy atom. The predicted molar refractivity (Wildman–Crippen MR) is 41.2 cm³/mol. The van der Waals surface area contributed by atoms with Crippen LogP contribution in [0.2, 0.25) is 0 Å². The molecule has 1 heterocycles. The maximum Gasteiger partial charge on any atom is 0.0278 e. The summed E-state index contributed by atoms with van der Waals surface area (Å²) in [5.74, 6) is 0. The van der Waals surface area contributed by atoms with Gasteiger partial charge in [0.2, 0.25) is 0 Å². The lowest BCUT2D eigenvalue weighted by Crippen LogP contribution is -2.29. The van der Waals surface area contributed by atoms with Crippen molar-refractivity contribution >= 4 is 21.6 Å². The number of hydrogen-bond acceptors (Lipinski definition) is 2. The molecule has 0 amide bonds. The van der Waals surface area contributed by atoms with Gasteiger partial charge in [-0.25, -0.2) is 0 Å². The van der Waals surface area contributed by atoms with Crippen molar-refractivity contribution in [3.8, 4) is 0 Å². The summed E-state index contributed by atoms with van der Waals surface area (Å²) < 4.78 is 0. The zero-order valence-corrected chi connectivity index (χ0v) is 6.43. The molecule has 1 aliphatic carbocycles. The highest BCUT2D eigenvalue weighted by molar-refractivity contribution is 8.80. The Balaban J connectivity index is 1.92. The molecular formula is C6H10S2. The van der Waals surface area contributed by atoms with E-state index in [1.54, 1.807) is 0 Å². The fraction of sp³-hybridized carbons (Fsp3) is 1.00. The number of fused-ring (bicyclic) bond motifs is 1. The van der Waals surface area contributed by atoms with Crippen molar-refractivity contribution < 1.29 is 0 Å². The molecule has 46 valence electrons. The van der Waals surface area contributed by atoms with Crippen LogP contribution in [0.4, 0.5) is 0 Å². The van der Waals surface area contributed by atoms with Crippen LogP contribution < -0.4 is 0 Å². The zero-order chi connectivity index (χ0) is 5.40. The molecule has 2 fully saturated rings. The SMILES string of the molecule is C1CCC2SSC2C1. The minimum atomic E-state index is 1.06. The Morgan fingerprint density at radius 1 is 0.875 bits per heavy atom. The van der Waals surface area contributed by atoms with Gasteiger partial charge in [0, 0.05) is 10.5 Å². The van der Waals surface area contributed by atoms with Gasteiger partial charge in [0.1, 0.15) is 0 Å². The third kappa shape index (κ3) is 0.781. The summed E-state index contributed by atoms with van der Waals surface area (Å²) in [6.45, 7) is 0. The van der Waals surface area contributed by atoms with Crippen molar-refractivity contribution in [3.63, 3.8) is 0 Å². The lowest BCUT2D eigenvalue weighted by Gasteiger charge is -2.38. The van der Waals surface area contributed by atoms with Crippen LogP contribution in [-0.2, 0) is 0 Å². The topological polar surface area (TPSA) is 0 Å².